The molecule has 1 aliphatic heterocycles. The normalized spacial score (nSPS) is 16.2. The van der Waals surface area contributed by atoms with E-state index in [2.05, 4.69) is 5.32 Å². The van der Waals surface area contributed by atoms with Crippen molar-refractivity contribution in [3.05, 3.63) is 65.4 Å². The minimum Gasteiger partial charge on any atom is -0.479 e. The number of benzene rings is 1. The summed E-state index contributed by atoms with van der Waals surface area (Å²) in [6.45, 7) is 2.24. The lowest BCUT2D eigenvalue weighted by atomic mass is 10.2. The Morgan fingerprint density at radius 1 is 1.40 bits per heavy atom. The van der Waals surface area contributed by atoms with Crippen molar-refractivity contribution in [1.29, 1.82) is 0 Å². The monoisotopic (exact) mass is 367 g/mol. The number of halogens is 2. The van der Waals surface area contributed by atoms with Crippen LogP contribution in [0, 0.1) is 5.82 Å². The van der Waals surface area contributed by atoms with Gasteiger partial charge in [0.05, 0.1) is 17.5 Å². The number of allylic oxidation sites excluding steroid dienone is 2. The summed E-state index contributed by atoms with van der Waals surface area (Å²) >= 11 is 5.93. The summed E-state index contributed by atoms with van der Waals surface area (Å²) in [4.78, 5) is 12.3. The van der Waals surface area contributed by atoms with E-state index in [1.54, 1.807) is 18.2 Å². The van der Waals surface area contributed by atoms with Crippen LogP contribution in [0.2, 0.25) is 5.02 Å². The fourth-order valence-electron chi connectivity index (χ4n) is 1.99. The van der Waals surface area contributed by atoms with Crippen molar-refractivity contribution in [3.63, 3.8) is 0 Å². The molecule has 5 nitrogen and oxygen atoms in total. The van der Waals surface area contributed by atoms with E-state index in [0.29, 0.717) is 13.0 Å². The first-order valence-electron chi connectivity index (χ1n) is 7.75. The molecule has 1 aromatic rings. The smallest absolute Gasteiger partial charge is 0.261 e. The first-order chi connectivity index (χ1) is 12.1. The zero-order chi connectivity index (χ0) is 18.1. The van der Waals surface area contributed by atoms with Crippen LogP contribution in [-0.2, 0) is 14.3 Å². The van der Waals surface area contributed by atoms with Crippen LogP contribution in [0.1, 0.15) is 13.3 Å². The highest BCUT2D eigenvalue weighted by Gasteiger charge is 2.19. The molecule has 0 radical (unpaired) electrons. The van der Waals surface area contributed by atoms with Crippen LogP contribution >= 0.6 is 11.6 Å². The summed E-state index contributed by atoms with van der Waals surface area (Å²) in [6.07, 6.45) is 7.94. The minimum atomic E-state index is -0.737. The van der Waals surface area contributed by atoms with E-state index >= 15 is 0 Å². The second kappa shape index (κ2) is 9.74. The van der Waals surface area contributed by atoms with E-state index in [-0.39, 0.29) is 23.5 Å². The maximum absolute atomic E-state index is 13.1. The lowest BCUT2D eigenvalue weighted by molar-refractivity contribution is -0.127. The Labute approximate surface area is 150 Å². The number of nitrogens with one attached hydrogen (secondary N) is 1. The first-order valence-corrected chi connectivity index (χ1v) is 8.13. The fraction of sp³-hybridized carbons (Fsp3) is 0.278. The quantitative estimate of drug-likeness (QED) is 0.832. The molecule has 0 aromatic heterocycles. The number of amides is 1. The van der Waals surface area contributed by atoms with Crippen LogP contribution in [0.25, 0.3) is 0 Å². The molecular formula is C18H19ClFNO4. The summed E-state index contributed by atoms with van der Waals surface area (Å²) in [5.74, 6) is -0.494. The number of ether oxygens (including phenoxy) is 3. The third kappa shape index (κ3) is 6.15. The van der Waals surface area contributed by atoms with E-state index < -0.39 is 11.9 Å². The lowest BCUT2D eigenvalue weighted by Gasteiger charge is -2.18. The molecular weight excluding hydrogens is 349 g/mol. The molecule has 2 rings (SSSR count). The third-order valence-corrected chi connectivity index (χ3v) is 3.59. The maximum atomic E-state index is 13.1. The molecule has 1 unspecified atom stereocenters. The van der Waals surface area contributed by atoms with Crippen molar-refractivity contribution < 1.29 is 23.4 Å². The summed E-state index contributed by atoms with van der Waals surface area (Å²) in [5.41, 5.74) is 0.824. The van der Waals surface area contributed by atoms with Gasteiger partial charge in [-0.05, 0) is 42.3 Å². The van der Waals surface area contributed by atoms with Crippen LogP contribution < -0.4 is 10.1 Å². The van der Waals surface area contributed by atoms with Gasteiger partial charge in [-0.1, -0.05) is 24.6 Å². The Balaban J connectivity index is 1.96. The van der Waals surface area contributed by atoms with E-state index in [1.165, 1.54) is 24.7 Å². The Morgan fingerprint density at radius 2 is 2.20 bits per heavy atom. The summed E-state index contributed by atoms with van der Waals surface area (Å²) < 4.78 is 28.8. The molecule has 1 atom stereocenters. The lowest BCUT2D eigenvalue weighted by Crippen LogP contribution is -2.38. The van der Waals surface area contributed by atoms with E-state index in [1.807, 2.05) is 6.92 Å². The Morgan fingerprint density at radius 3 is 2.96 bits per heavy atom. The molecule has 1 heterocycles. The van der Waals surface area contributed by atoms with Gasteiger partial charge in [0.1, 0.15) is 11.6 Å². The van der Waals surface area contributed by atoms with E-state index in [0.717, 1.165) is 11.6 Å². The molecule has 0 spiro atoms. The first kappa shape index (κ1) is 18.9. The van der Waals surface area contributed by atoms with Gasteiger partial charge in [0.2, 0.25) is 6.79 Å². The molecule has 0 saturated heterocycles. The average molecular weight is 368 g/mol. The average Bonchev–Trinajstić information content (AvgIpc) is 2.73. The van der Waals surface area contributed by atoms with Gasteiger partial charge in [0, 0.05) is 6.54 Å². The molecule has 25 heavy (non-hydrogen) atoms. The van der Waals surface area contributed by atoms with Gasteiger partial charge in [-0.2, -0.15) is 0 Å². The molecule has 7 heteroatoms. The second-order valence-electron chi connectivity index (χ2n) is 5.13. The Bertz CT molecular complexity index is 688. The predicted molar refractivity (Wildman–Crippen MR) is 92.5 cm³/mol. The van der Waals surface area contributed by atoms with Gasteiger partial charge in [-0.3, -0.25) is 4.79 Å². The van der Waals surface area contributed by atoms with Crippen LogP contribution in [0.4, 0.5) is 4.39 Å². The number of hydrogen-bond donors (Lipinski definition) is 1. The molecule has 1 amide bonds. The van der Waals surface area contributed by atoms with Crippen molar-refractivity contribution in [1.82, 2.24) is 5.32 Å². The van der Waals surface area contributed by atoms with Gasteiger partial charge in [-0.25, -0.2) is 4.39 Å². The highest BCUT2D eigenvalue weighted by molar-refractivity contribution is 6.32. The van der Waals surface area contributed by atoms with Crippen LogP contribution in [0.5, 0.6) is 5.75 Å². The Kier molecular flexibility index (Phi) is 7.35. The van der Waals surface area contributed by atoms with Crippen LogP contribution in [0.3, 0.4) is 0 Å². The maximum Gasteiger partial charge on any atom is 0.261 e. The highest BCUT2D eigenvalue weighted by atomic mass is 35.5. The van der Waals surface area contributed by atoms with Crippen LogP contribution in [0.15, 0.2) is 54.5 Å². The van der Waals surface area contributed by atoms with Crippen molar-refractivity contribution in [2.45, 2.75) is 19.4 Å². The van der Waals surface area contributed by atoms with Crippen molar-refractivity contribution in [2.24, 2.45) is 0 Å². The zero-order valence-corrected chi connectivity index (χ0v) is 14.5. The largest absolute Gasteiger partial charge is 0.479 e. The van der Waals surface area contributed by atoms with Gasteiger partial charge >= 0.3 is 0 Å². The van der Waals surface area contributed by atoms with E-state index in [9.17, 15) is 9.18 Å². The highest BCUT2D eigenvalue weighted by Crippen LogP contribution is 2.26. The van der Waals surface area contributed by atoms with Gasteiger partial charge in [-0.15, -0.1) is 0 Å². The van der Waals surface area contributed by atoms with Crippen LogP contribution in [-0.4, -0.2) is 25.3 Å². The van der Waals surface area contributed by atoms with Crippen molar-refractivity contribution in [3.8, 4) is 5.75 Å². The van der Waals surface area contributed by atoms with Crippen molar-refractivity contribution in [2.75, 3.05) is 13.3 Å². The Hall–Kier alpha value is -2.47. The SMILES string of the molecule is CCC(Oc1ccc(F)cc1Cl)C(=O)NCC1=C/C=C/OCOC=C1. The molecule has 0 bridgehead atoms. The number of rotatable bonds is 6. The second-order valence-corrected chi connectivity index (χ2v) is 5.54. The van der Waals surface area contributed by atoms with Gasteiger partial charge < -0.3 is 19.5 Å². The summed E-state index contributed by atoms with van der Waals surface area (Å²) in [7, 11) is 0. The molecule has 0 aliphatic carbocycles. The van der Waals surface area contributed by atoms with Gasteiger partial charge in [0.15, 0.2) is 6.10 Å². The fourth-order valence-corrected chi connectivity index (χ4v) is 2.21. The van der Waals surface area contributed by atoms with E-state index in [4.69, 9.17) is 25.8 Å². The predicted octanol–water partition coefficient (Wildman–Crippen LogP) is 3.71. The summed E-state index contributed by atoms with van der Waals surface area (Å²) in [6, 6.07) is 3.77. The van der Waals surface area contributed by atoms with Crippen molar-refractivity contribution >= 4 is 17.5 Å². The van der Waals surface area contributed by atoms with Gasteiger partial charge in [0.25, 0.3) is 5.91 Å². The molecule has 0 fully saturated rings. The zero-order valence-electron chi connectivity index (χ0n) is 13.7. The summed E-state index contributed by atoms with van der Waals surface area (Å²) in [5, 5.41) is 2.91. The number of carbonyl (C=O) groups excluding carboxylic acids is 1. The molecule has 1 aliphatic rings. The number of carbonyl (C=O) groups is 1. The molecule has 0 saturated carbocycles. The molecule has 1 aromatic carbocycles. The molecule has 134 valence electrons. The molecule has 1 N–H and O–H groups in total. The standard InChI is InChI=1S/C18H19ClFNO4/c1-2-16(25-17-6-5-14(20)10-15(17)19)18(22)21-11-13-4-3-8-23-12-24-9-7-13/h3-10,16H,2,11-12H2,1H3,(H,21,22)/b8-3+,9-7?,13-4?. The third-order valence-electron chi connectivity index (χ3n) is 3.29. The number of hydrogen-bond acceptors (Lipinski definition) is 4. The minimum absolute atomic E-state index is 0.121. The topological polar surface area (TPSA) is 56.8 Å².